The monoisotopic (exact) mass is 318 g/mol. The molecule has 1 heterocycles. The standard InChI is InChI=1S/C11H12ClFN4O2S/c1-17-11(14)7(5-15-17)6-16-20(18,19)9-4-2-3-8(12)10(9)13/h2-5,16H,6,14H2,1H3. The van der Waals surface area contributed by atoms with Crippen molar-refractivity contribution in [3.63, 3.8) is 0 Å². The molecule has 0 saturated carbocycles. The number of nitrogen functional groups attached to an aromatic ring is 1. The molecule has 3 N–H and O–H groups in total. The Morgan fingerprint density at radius 3 is 2.80 bits per heavy atom. The first-order valence-corrected chi connectivity index (χ1v) is 7.39. The molecule has 0 spiro atoms. The van der Waals surface area contributed by atoms with Crippen LogP contribution in [-0.2, 0) is 23.6 Å². The van der Waals surface area contributed by atoms with Gasteiger partial charge in [0.05, 0.1) is 11.2 Å². The van der Waals surface area contributed by atoms with Crippen LogP contribution >= 0.6 is 11.6 Å². The van der Waals surface area contributed by atoms with Crippen LogP contribution < -0.4 is 10.5 Å². The van der Waals surface area contributed by atoms with Gasteiger partial charge in [-0.15, -0.1) is 0 Å². The zero-order valence-electron chi connectivity index (χ0n) is 10.5. The third-order valence-corrected chi connectivity index (χ3v) is 4.43. The van der Waals surface area contributed by atoms with Crippen molar-refractivity contribution >= 4 is 27.4 Å². The largest absolute Gasteiger partial charge is 0.384 e. The van der Waals surface area contributed by atoms with Crippen LogP contribution in [0.5, 0.6) is 0 Å². The SMILES string of the molecule is Cn1ncc(CNS(=O)(=O)c2cccc(Cl)c2F)c1N. The van der Waals surface area contributed by atoms with E-state index in [2.05, 4.69) is 9.82 Å². The Morgan fingerprint density at radius 1 is 1.50 bits per heavy atom. The summed E-state index contributed by atoms with van der Waals surface area (Å²) in [6, 6.07) is 3.77. The number of nitrogens with zero attached hydrogens (tertiary/aromatic N) is 2. The summed E-state index contributed by atoms with van der Waals surface area (Å²) in [5, 5.41) is 3.63. The number of aryl methyl sites for hydroxylation is 1. The Kier molecular flexibility index (Phi) is 3.98. The van der Waals surface area contributed by atoms with Gasteiger partial charge in [0.15, 0.2) is 5.82 Å². The fourth-order valence-corrected chi connectivity index (χ4v) is 2.91. The maximum atomic E-state index is 13.7. The van der Waals surface area contributed by atoms with Gasteiger partial charge < -0.3 is 5.73 Å². The molecule has 108 valence electrons. The number of sulfonamides is 1. The first kappa shape index (κ1) is 14.8. The lowest BCUT2D eigenvalue weighted by atomic mass is 10.3. The molecule has 0 atom stereocenters. The van der Waals surface area contributed by atoms with E-state index in [9.17, 15) is 12.8 Å². The molecule has 2 aromatic rings. The maximum Gasteiger partial charge on any atom is 0.243 e. The van der Waals surface area contributed by atoms with Crippen LogP contribution in [0.4, 0.5) is 10.2 Å². The number of hydrogen-bond acceptors (Lipinski definition) is 4. The predicted octanol–water partition coefficient (Wildman–Crippen LogP) is 1.27. The summed E-state index contributed by atoms with van der Waals surface area (Å²) in [7, 11) is -2.39. The molecule has 9 heteroatoms. The molecule has 1 aromatic heterocycles. The minimum absolute atomic E-state index is 0.0893. The van der Waals surface area contributed by atoms with Crippen molar-refractivity contribution in [2.45, 2.75) is 11.4 Å². The second-order valence-electron chi connectivity index (χ2n) is 4.06. The molecule has 0 amide bonds. The number of halogens is 2. The van der Waals surface area contributed by atoms with E-state index in [-0.39, 0.29) is 11.6 Å². The number of nitrogens with two attached hydrogens (primary N) is 1. The lowest BCUT2D eigenvalue weighted by Crippen LogP contribution is -2.24. The number of aromatic nitrogens is 2. The van der Waals surface area contributed by atoms with Gasteiger partial charge in [-0.25, -0.2) is 17.5 Å². The van der Waals surface area contributed by atoms with Gasteiger partial charge in [0.2, 0.25) is 10.0 Å². The lowest BCUT2D eigenvalue weighted by Gasteiger charge is -2.08. The topological polar surface area (TPSA) is 90.0 Å². The van der Waals surface area contributed by atoms with Crippen LogP contribution in [0, 0.1) is 5.82 Å². The number of benzene rings is 1. The maximum absolute atomic E-state index is 13.7. The highest BCUT2D eigenvalue weighted by Crippen LogP contribution is 2.22. The molecule has 0 bridgehead atoms. The normalized spacial score (nSPS) is 11.8. The van der Waals surface area contributed by atoms with E-state index >= 15 is 0 Å². The van der Waals surface area contributed by atoms with E-state index in [0.29, 0.717) is 11.4 Å². The van der Waals surface area contributed by atoms with Crippen LogP contribution in [0.15, 0.2) is 29.3 Å². The van der Waals surface area contributed by atoms with Gasteiger partial charge in [-0.3, -0.25) is 4.68 Å². The summed E-state index contributed by atoms with van der Waals surface area (Å²) in [5.41, 5.74) is 6.19. The molecule has 0 unspecified atom stereocenters. The fourth-order valence-electron chi connectivity index (χ4n) is 1.57. The average Bonchev–Trinajstić information content (AvgIpc) is 2.71. The van der Waals surface area contributed by atoms with Crippen LogP contribution in [0.3, 0.4) is 0 Å². The van der Waals surface area contributed by atoms with Gasteiger partial charge in [0.25, 0.3) is 0 Å². The highest BCUT2D eigenvalue weighted by atomic mass is 35.5. The third kappa shape index (κ3) is 2.77. The summed E-state index contributed by atoms with van der Waals surface area (Å²) < 4.78 is 41.4. The van der Waals surface area contributed by atoms with Crippen LogP contribution in [0.1, 0.15) is 5.56 Å². The Morgan fingerprint density at radius 2 is 2.20 bits per heavy atom. The molecule has 2 rings (SSSR count). The van der Waals surface area contributed by atoms with Crippen molar-refractivity contribution in [3.05, 3.63) is 40.8 Å². The zero-order valence-corrected chi connectivity index (χ0v) is 12.0. The third-order valence-electron chi connectivity index (χ3n) is 2.72. The van der Waals surface area contributed by atoms with Crippen molar-refractivity contribution in [3.8, 4) is 0 Å². The second kappa shape index (κ2) is 5.39. The Balaban J connectivity index is 2.24. The van der Waals surface area contributed by atoms with Crippen molar-refractivity contribution < 1.29 is 12.8 Å². The summed E-state index contributed by atoms with van der Waals surface area (Å²) in [5.74, 6) is -0.653. The minimum atomic E-state index is -4.02. The van der Waals surface area contributed by atoms with E-state index < -0.39 is 20.7 Å². The molecular formula is C11H12ClFN4O2S. The van der Waals surface area contributed by atoms with Crippen LogP contribution in [-0.4, -0.2) is 18.2 Å². The van der Waals surface area contributed by atoms with E-state index in [1.54, 1.807) is 7.05 Å². The van der Waals surface area contributed by atoms with Gasteiger partial charge in [0, 0.05) is 19.2 Å². The molecule has 0 fully saturated rings. The van der Waals surface area contributed by atoms with Crippen molar-refractivity contribution in [1.29, 1.82) is 0 Å². The van der Waals surface area contributed by atoms with Crippen molar-refractivity contribution in [1.82, 2.24) is 14.5 Å². The number of rotatable bonds is 4. The van der Waals surface area contributed by atoms with Gasteiger partial charge in [-0.05, 0) is 12.1 Å². The van der Waals surface area contributed by atoms with E-state index in [1.807, 2.05) is 0 Å². The molecule has 0 aliphatic carbocycles. The molecule has 0 radical (unpaired) electrons. The summed E-state index contributed by atoms with van der Waals surface area (Å²) in [4.78, 5) is -0.507. The summed E-state index contributed by atoms with van der Waals surface area (Å²) in [6.45, 7) is -0.0893. The Hall–Kier alpha value is -1.64. The first-order chi connectivity index (χ1) is 9.33. The Bertz CT molecular complexity index is 745. The second-order valence-corrected chi connectivity index (χ2v) is 6.20. The average molecular weight is 319 g/mol. The lowest BCUT2D eigenvalue weighted by molar-refractivity contribution is 0.557. The van der Waals surface area contributed by atoms with E-state index in [0.717, 1.165) is 6.07 Å². The quantitative estimate of drug-likeness (QED) is 0.888. The molecule has 20 heavy (non-hydrogen) atoms. The summed E-state index contributed by atoms with van der Waals surface area (Å²) >= 11 is 5.57. The zero-order chi connectivity index (χ0) is 14.9. The molecule has 0 saturated heterocycles. The van der Waals surface area contributed by atoms with E-state index in [4.69, 9.17) is 17.3 Å². The van der Waals surface area contributed by atoms with Crippen LogP contribution in [0.25, 0.3) is 0 Å². The Labute approximate surface area is 120 Å². The smallest absolute Gasteiger partial charge is 0.243 e. The highest BCUT2D eigenvalue weighted by molar-refractivity contribution is 7.89. The van der Waals surface area contributed by atoms with Gasteiger partial charge in [-0.1, -0.05) is 17.7 Å². The van der Waals surface area contributed by atoms with Gasteiger partial charge >= 0.3 is 0 Å². The fraction of sp³-hybridized carbons (Fsp3) is 0.182. The minimum Gasteiger partial charge on any atom is -0.384 e. The molecule has 6 nitrogen and oxygen atoms in total. The molecular weight excluding hydrogens is 307 g/mol. The van der Waals surface area contributed by atoms with Gasteiger partial charge in [-0.2, -0.15) is 5.10 Å². The molecule has 0 aliphatic heterocycles. The van der Waals surface area contributed by atoms with E-state index in [1.165, 1.54) is 23.0 Å². The van der Waals surface area contributed by atoms with Crippen LogP contribution in [0.2, 0.25) is 5.02 Å². The first-order valence-electron chi connectivity index (χ1n) is 5.53. The molecule has 1 aromatic carbocycles. The van der Waals surface area contributed by atoms with Gasteiger partial charge in [0.1, 0.15) is 10.7 Å². The number of anilines is 1. The van der Waals surface area contributed by atoms with Crippen molar-refractivity contribution in [2.75, 3.05) is 5.73 Å². The highest BCUT2D eigenvalue weighted by Gasteiger charge is 2.21. The predicted molar refractivity (Wildman–Crippen MR) is 73.1 cm³/mol. The molecule has 0 aliphatic rings. The van der Waals surface area contributed by atoms with Crippen molar-refractivity contribution in [2.24, 2.45) is 7.05 Å². The number of hydrogen-bond donors (Lipinski definition) is 2. The number of nitrogens with one attached hydrogen (secondary N) is 1. The summed E-state index contributed by atoms with van der Waals surface area (Å²) in [6.07, 6.45) is 1.44.